The maximum absolute atomic E-state index is 11.0. The van der Waals surface area contributed by atoms with E-state index in [1.165, 1.54) is 6.92 Å². The molecular formula is C15H18N2O2S. The summed E-state index contributed by atoms with van der Waals surface area (Å²) in [7, 11) is 0. The van der Waals surface area contributed by atoms with E-state index in [4.69, 9.17) is 4.74 Å². The van der Waals surface area contributed by atoms with Crippen molar-refractivity contribution in [1.29, 1.82) is 0 Å². The molecule has 0 saturated carbocycles. The number of hydrogen-bond acceptors (Lipinski definition) is 4. The fraction of sp³-hybridized carbons (Fsp3) is 0.267. The Morgan fingerprint density at radius 1 is 1.25 bits per heavy atom. The van der Waals surface area contributed by atoms with E-state index in [1.54, 1.807) is 11.3 Å². The number of benzene rings is 1. The second kappa shape index (κ2) is 7.67. The average Bonchev–Trinajstić information content (AvgIpc) is 2.86. The van der Waals surface area contributed by atoms with Crippen molar-refractivity contribution in [2.24, 2.45) is 0 Å². The van der Waals surface area contributed by atoms with Crippen LogP contribution in [0.5, 0.6) is 5.75 Å². The van der Waals surface area contributed by atoms with Crippen LogP contribution in [0.2, 0.25) is 0 Å². The predicted molar refractivity (Wildman–Crippen MR) is 82.3 cm³/mol. The minimum atomic E-state index is -0.0444. The van der Waals surface area contributed by atoms with Crippen LogP contribution in [0.4, 0.5) is 5.69 Å². The molecule has 2 rings (SSSR count). The largest absolute Gasteiger partial charge is 0.492 e. The molecule has 5 heteroatoms. The molecule has 106 valence electrons. The van der Waals surface area contributed by atoms with Gasteiger partial charge in [0.05, 0.1) is 5.69 Å². The molecule has 0 saturated heterocycles. The van der Waals surface area contributed by atoms with Gasteiger partial charge in [-0.05, 0) is 23.6 Å². The number of anilines is 1. The van der Waals surface area contributed by atoms with Crippen molar-refractivity contribution in [3.05, 3.63) is 46.7 Å². The molecule has 0 atom stereocenters. The van der Waals surface area contributed by atoms with Gasteiger partial charge in [0.1, 0.15) is 12.4 Å². The Morgan fingerprint density at radius 3 is 2.80 bits per heavy atom. The molecule has 20 heavy (non-hydrogen) atoms. The van der Waals surface area contributed by atoms with E-state index in [0.717, 1.165) is 29.4 Å². The molecule has 0 bridgehead atoms. The highest BCUT2D eigenvalue weighted by molar-refractivity contribution is 7.10. The summed E-state index contributed by atoms with van der Waals surface area (Å²) in [6, 6.07) is 11.7. The first-order valence-electron chi connectivity index (χ1n) is 6.48. The van der Waals surface area contributed by atoms with Gasteiger partial charge in [0, 0.05) is 24.9 Å². The fourth-order valence-corrected chi connectivity index (χ4v) is 2.54. The number of carbonyl (C=O) groups is 1. The molecule has 0 spiro atoms. The van der Waals surface area contributed by atoms with E-state index in [-0.39, 0.29) is 5.91 Å². The van der Waals surface area contributed by atoms with Gasteiger partial charge in [0.2, 0.25) is 5.91 Å². The molecule has 2 aromatic rings. The lowest BCUT2D eigenvalue weighted by molar-refractivity contribution is -0.114. The monoisotopic (exact) mass is 290 g/mol. The Kier molecular flexibility index (Phi) is 5.58. The van der Waals surface area contributed by atoms with Crippen molar-refractivity contribution in [3.63, 3.8) is 0 Å². The molecule has 1 aromatic heterocycles. The molecule has 0 unspecified atom stereocenters. The summed E-state index contributed by atoms with van der Waals surface area (Å²) in [5, 5.41) is 8.10. The summed E-state index contributed by atoms with van der Waals surface area (Å²) in [5.41, 5.74) is 0.888. The van der Waals surface area contributed by atoms with E-state index < -0.39 is 0 Å². The van der Waals surface area contributed by atoms with Gasteiger partial charge in [0.25, 0.3) is 0 Å². The molecule has 0 radical (unpaired) electrons. The lowest BCUT2D eigenvalue weighted by Gasteiger charge is -2.08. The van der Waals surface area contributed by atoms with Crippen LogP contribution < -0.4 is 15.4 Å². The minimum absolute atomic E-state index is 0.0444. The molecule has 1 heterocycles. The summed E-state index contributed by atoms with van der Waals surface area (Å²) >= 11 is 1.63. The van der Waals surface area contributed by atoms with Crippen molar-refractivity contribution >= 4 is 22.9 Å². The van der Waals surface area contributed by atoms with Gasteiger partial charge in [-0.2, -0.15) is 0 Å². The summed E-state index contributed by atoms with van der Waals surface area (Å²) in [6.07, 6.45) is 0. The second-order valence-corrected chi connectivity index (χ2v) is 5.28. The van der Waals surface area contributed by atoms with Crippen LogP contribution in [0.3, 0.4) is 0 Å². The fourth-order valence-electron chi connectivity index (χ4n) is 1.74. The third-order valence-corrected chi connectivity index (χ3v) is 3.55. The summed E-state index contributed by atoms with van der Waals surface area (Å²) in [4.78, 5) is 12.2. The molecular weight excluding hydrogens is 272 g/mol. The zero-order valence-corrected chi connectivity index (χ0v) is 12.2. The molecule has 4 nitrogen and oxygen atoms in total. The first-order chi connectivity index (χ1) is 9.75. The number of hydrogen-bond donors (Lipinski definition) is 2. The van der Waals surface area contributed by atoms with Gasteiger partial charge in [-0.25, -0.2) is 0 Å². The summed E-state index contributed by atoms with van der Waals surface area (Å²) in [5.74, 6) is 0.835. The van der Waals surface area contributed by atoms with Crippen LogP contribution in [0.25, 0.3) is 0 Å². The van der Waals surface area contributed by atoms with E-state index in [2.05, 4.69) is 10.6 Å². The number of ether oxygens (including phenoxy) is 1. The molecule has 1 amide bonds. The molecule has 0 aliphatic carbocycles. The Morgan fingerprint density at radius 2 is 2.05 bits per heavy atom. The van der Waals surface area contributed by atoms with Gasteiger partial charge in [-0.15, -0.1) is 11.3 Å². The number of thiophene rings is 1. The highest BCUT2D eigenvalue weighted by atomic mass is 32.1. The van der Waals surface area contributed by atoms with Crippen molar-refractivity contribution < 1.29 is 9.53 Å². The average molecular weight is 290 g/mol. The summed E-state index contributed by atoms with van der Waals surface area (Å²) < 4.78 is 5.59. The first-order valence-corrected chi connectivity index (χ1v) is 7.36. The van der Waals surface area contributed by atoms with Crippen molar-refractivity contribution in [2.45, 2.75) is 13.5 Å². The number of nitrogens with one attached hydrogen (secondary N) is 2. The Hall–Kier alpha value is -1.85. The standard InChI is InChI=1S/C15H18N2O2S/c1-12(18)17-14-7-10-20-15(14)11-16-8-9-19-13-5-3-2-4-6-13/h2-7,10,16H,8-9,11H2,1H3,(H,17,18). The van der Waals surface area contributed by atoms with Crippen molar-refractivity contribution in [3.8, 4) is 5.75 Å². The van der Waals surface area contributed by atoms with E-state index in [0.29, 0.717) is 6.61 Å². The number of rotatable bonds is 7. The lowest BCUT2D eigenvalue weighted by Crippen LogP contribution is -2.20. The molecule has 1 aromatic carbocycles. The van der Waals surface area contributed by atoms with Gasteiger partial charge < -0.3 is 15.4 Å². The Labute approximate surface area is 122 Å². The highest BCUT2D eigenvalue weighted by Crippen LogP contribution is 2.21. The topological polar surface area (TPSA) is 50.4 Å². The van der Waals surface area contributed by atoms with Gasteiger partial charge >= 0.3 is 0 Å². The summed E-state index contributed by atoms with van der Waals surface area (Å²) in [6.45, 7) is 3.62. The van der Waals surface area contributed by atoms with E-state index >= 15 is 0 Å². The maximum Gasteiger partial charge on any atom is 0.221 e. The highest BCUT2D eigenvalue weighted by Gasteiger charge is 2.04. The van der Waals surface area contributed by atoms with Gasteiger partial charge in [-0.3, -0.25) is 4.79 Å². The van der Waals surface area contributed by atoms with Crippen LogP contribution in [0.1, 0.15) is 11.8 Å². The van der Waals surface area contributed by atoms with Gasteiger partial charge in [-0.1, -0.05) is 18.2 Å². The normalized spacial score (nSPS) is 10.2. The zero-order valence-electron chi connectivity index (χ0n) is 11.4. The first kappa shape index (κ1) is 14.6. The number of para-hydroxylation sites is 1. The zero-order chi connectivity index (χ0) is 14.2. The van der Waals surface area contributed by atoms with Crippen LogP contribution >= 0.6 is 11.3 Å². The SMILES string of the molecule is CC(=O)Nc1ccsc1CNCCOc1ccccc1. The third kappa shape index (κ3) is 4.68. The Balaban J connectivity index is 1.68. The van der Waals surface area contributed by atoms with Crippen molar-refractivity contribution in [1.82, 2.24) is 5.32 Å². The van der Waals surface area contributed by atoms with Crippen LogP contribution in [-0.4, -0.2) is 19.1 Å². The minimum Gasteiger partial charge on any atom is -0.492 e. The lowest BCUT2D eigenvalue weighted by atomic mass is 10.3. The van der Waals surface area contributed by atoms with Crippen LogP contribution in [0, 0.1) is 0 Å². The molecule has 0 aliphatic rings. The Bertz CT molecular complexity index is 540. The predicted octanol–water partition coefficient (Wildman–Crippen LogP) is 2.88. The van der Waals surface area contributed by atoms with Crippen LogP contribution in [0.15, 0.2) is 41.8 Å². The molecule has 0 aliphatic heterocycles. The van der Waals surface area contributed by atoms with E-state index in [1.807, 2.05) is 41.8 Å². The second-order valence-electron chi connectivity index (χ2n) is 4.28. The number of carbonyl (C=O) groups excluding carboxylic acids is 1. The third-order valence-electron chi connectivity index (χ3n) is 2.63. The smallest absolute Gasteiger partial charge is 0.221 e. The van der Waals surface area contributed by atoms with Gasteiger partial charge in [0.15, 0.2) is 0 Å². The van der Waals surface area contributed by atoms with Crippen LogP contribution in [-0.2, 0) is 11.3 Å². The molecule has 0 fully saturated rings. The quantitative estimate of drug-likeness (QED) is 0.771. The van der Waals surface area contributed by atoms with Crippen molar-refractivity contribution in [2.75, 3.05) is 18.5 Å². The van der Waals surface area contributed by atoms with E-state index in [9.17, 15) is 4.79 Å². The molecule has 2 N–H and O–H groups in total. The maximum atomic E-state index is 11.0. The number of amides is 1.